The number of nitrogens with zero attached hydrogens (tertiary/aromatic N) is 3. The van der Waals surface area contributed by atoms with Gasteiger partial charge in [0.1, 0.15) is 5.69 Å². The van der Waals surface area contributed by atoms with Gasteiger partial charge in [0.25, 0.3) is 0 Å². The van der Waals surface area contributed by atoms with Crippen molar-refractivity contribution in [2.75, 3.05) is 18.4 Å². The van der Waals surface area contributed by atoms with Gasteiger partial charge in [-0.2, -0.15) is 5.10 Å². The Morgan fingerprint density at radius 2 is 1.83 bits per heavy atom. The molecule has 2 aromatic carbocycles. The molecule has 0 atom stereocenters. The second-order valence-electron chi connectivity index (χ2n) is 8.57. The molecule has 2 N–H and O–H groups in total. The Hall–Kier alpha value is -4.17. The lowest BCUT2D eigenvalue weighted by molar-refractivity contribution is -0.116. The molecule has 182 valence electrons. The van der Waals surface area contributed by atoms with E-state index < -0.39 is 0 Å². The molecule has 0 unspecified atom stereocenters. The molecule has 7 nitrogen and oxygen atoms in total. The highest BCUT2D eigenvalue weighted by Gasteiger charge is 2.17. The molecule has 1 aliphatic rings. The van der Waals surface area contributed by atoms with Gasteiger partial charge in [-0.15, -0.1) is 11.3 Å². The minimum absolute atomic E-state index is 0.0748. The van der Waals surface area contributed by atoms with Crippen molar-refractivity contribution < 1.29 is 9.59 Å². The number of benzene rings is 2. The first-order valence-electron chi connectivity index (χ1n) is 12.0. The van der Waals surface area contributed by atoms with Crippen LogP contribution in [0.2, 0.25) is 0 Å². The van der Waals surface area contributed by atoms with Crippen LogP contribution in [-0.2, 0) is 11.3 Å². The first-order valence-corrected chi connectivity index (χ1v) is 12.8. The highest BCUT2D eigenvalue weighted by molar-refractivity contribution is 7.13. The van der Waals surface area contributed by atoms with Crippen LogP contribution in [0.25, 0.3) is 22.3 Å². The number of nitrogens with one attached hydrogen (secondary N) is 2. The predicted molar refractivity (Wildman–Crippen MR) is 144 cm³/mol. The van der Waals surface area contributed by atoms with E-state index in [1.165, 1.54) is 6.08 Å². The molecule has 4 aromatic rings. The van der Waals surface area contributed by atoms with Crippen LogP contribution in [0.5, 0.6) is 0 Å². The van der Waals surface area contributed by atoms with Crippen LogP contribution in [0, 0.1) is 0 Å². The van der Waals surface area contributed by atoms with Gasteiger partial charge in [-0.3, -0.25) is 4.79 Å². The van der Waals surface area contributed by atoms with Gasteiger partial charge in [0.05, 0.1) is 10.6 Å². The summed E-state index contributed by atoms with van der Waals surface area (Å²) in [7, 11) is 0. The van der Waals surface area contributed by atoms with Crippen LogP contribution in [0.4, 0.5) is 10.5 Å². The van der Waals surface area contributed by atoms with E-state index in [1.54, 1.807) is 17.4 Å². The number of thiophene rings is 1. The van der Waals surface area contributed by atoms with Gasteiger partial charge in [-0.25, -0.2) is 9.48 Å². The van der Waals surface area contributed by atoms with E-state index in [1.807, 2.05) is 87.9 Å². The molecule has 3 heterocycles. The molecule has 8 heteroatoms. The number of carbonyl (C=O) groups is 2. The number of likely N-dealkylation sites (tertiary alicyclic amines) is 1. The summed E-state index contributed by atoms with van der Waals surface area (Å²) in [6.07, 6.45) is 7.36. The Morgan fingerprint density at radius 1 is 1.00 bits per heavy atom. The lowest BCUT2D eigenvalue weighted by atomic mass is 10.2. The zero-order chi connectivity index (χ0) is 24.7. The van der Waals surface area contributed by atoms with Crippen molar-refractivity contribution in [3.63, 3.8) is 0 Å². The molecule has 0 radical (unpaired) electrons. The maximum Gasteiger partial charge on any atom is 0.321 e. The van der Waals surface area contributed by atoms with E-state index in [-0.39, 0.29) is 11.9 Å². The summed E-state index contributed by atoms with van der Waals surface area (Å²) in [5.41, 5.74) is 4.29. The van der Waals surface area contributed by atoms with Crippen molar-refractivity contribution in [2.45, 2.75) is 19.4 Å². The van der Waals surface area contributed by atoms with Crippen molar-refractivity contribution in [2.24, 2.45) is 0 Å². The van der Waals surface area contributed by atoms with Gasteiger partial charge < -0.3 is 15.5 Å². The van der Waals surface area contributed by atoms with Crippen LogP contribution in [0.15, 0.2) is 84.4 Å². The lowest BCUT2D eigenvalue weighted by Gasteiger charge is -2.16. The second-order valence-corrected chi connectivity index (χ2v) is 9.51. The number of hydrogen-bond acceptors (Lipinski definition) is 4. The average Bonchev–Trinajstić information content (AvgIpc) is 3.68. The third-order valence-corrected chi connectivity index (χ3v) is 6.85. The van der Waals surface area contributed by atoms with Gasteiger partial charge >= 0.3 is 6.03 Å². The largest absolute Gasteiger partial charge is 0.348 e. The van der Waals surface area contributed by atoms with E-state index in [0.29, 0.717) is 6.54 Å². The number of aromatic nitrogens is 2. The van der Waals surface area contributed by atoms with E-state index >= 15 is 0 Å². The summed E-state index contributed by atoms with van der Waals surface area (Å²) < 4.78 is 1.83. The highest BCUT2D eigenvalue weighted by atomic mass is 32.1. The maximum absolute atomic E-state index is 12.6. The standard InChI is InChI=1S/C28H27N5O2S/c34-26(29-19-21-8-6-9-23(18-21)30-28(35)32-15-4-5-16-32)14-13-22-20-33(24-10-2-1-3-11-24)31-27(22)25-12-7-17-36-25/h1-3,6-14,17-18,20H,4-5,15-16,19H2,(H,29,34)(H,30,35). The molecule has 0 spiro atoms. The van der Waals surface area contributed by atoms with Gasteiger partial charge in [0, 0.05) is 43.2 Å². The summed E-state index contributed by atoms with van der Waals surface area (Å²) in [6.45, 7) is 1.95. The minimum atomic E-state index is -0.203. The van der Waals surface area contributed by atoms with Gasteiger partial charge in [-0.1, -0.05) is 36.4 Å². The summed E-state index contributed by atoms with van der Waals surface area (Å²) in [5, 5.41) is 12.6. The van der Waals surface area contributed by atoms with Crippen molar-refractivity contribution in [3.05, 3.63) is 95.5 Å². The molecule has 5 rings (SSSR count). The predicted octanol–water partition coefficient (Wildman–Crippen LogP) is 5.56. The zero-order valence-electron chi connectivity index (χ0n) is 19.8. The number of urea groups is 1. The Bertz CT molecular complexity index is 1360. The number of rotatable bonds is 7. The zero-order valence-corrected chi connectivity index (χ0v) is 20.6. The van der Waals surface area contributed by atoms with E-state index in [0.717, 1.165) is 59.0 Å². The minimum Gasteiger partial charge on any atom is -0.348 e. The Labute approximate surface area is 214 Å². The van der Waals surface area contributed by atoms with E-state index in [2.05, 4.69) is 10.6 Å². The lowest BCUT2D eigenvalue weighted by Crippen LogP contribution is -2.32. The Kier molecular flexibility index (Phi) is 7.23. The van der Waals surface area contributed by atoms with Crippen molar-refractivity contribution in [3.8, 4) is 16.3 Å². The number of hydrogen-bond donors (Lipinski definition) is 2. The fourth-order valence-corrected chi connectivity index (χ4v) is 4.85. The molecule has 1 aliphatic heterocycles. The topological polar surface area (TPSA) is 79.3 Å². The summed E-state index contributed by atoms with van der Waals surface area (Å²) in [6, 6.07) is 21.4. The second kappa shape index (κ2) is 11.0. The number of amides is 3. The number of carbonyl (C=O) groups excluding carboxylic acids is 2. The molecule has 0 bridgehead atoms. The Balaban J connectivity index is 1.24. The summed E-state index contributed by atoms with van der Waals surface area (Å²) >= 11 is 1.61. The molecule has 1 saturated heterocycles. The quantitative estimate of drug-likeness (QED) is 0.328. The van der Waals surface area contributed by atoms with Crippen molar-refractivity contribution in [1.82, 2.24) is 20.0 Å². The SMILES string of the molecule is O=C(C=Cc1cn(-c2ccccc2)nc1-c1cccs1)NCc1cccc(NC(=O)N2CCCC2)c1. The fourth-order valence-electron chi connectivity index (χ4n) is 4.12. The smallest absolute Gasteiger partial charge is 0.321 e. The molecule has 36 heavy (non-hydrogen) atoms. The normalized spacial score (nSPS) is 13.3. The monoisotopic (exact) mass is 497 g/mol. The molecular formula is C28H27N5O2S. The van der Waals surface area contributed by atoms with Crippen LogP contribution >= 0.6 is 11.3 Å². The summed E-state index contributed by atoms with van der Waals surface area (Å²) in [5.74, 6) is -0.203. The third kappa shape index (κ3) is 5.72. The molecule has 3 amide bonds. The molecule has 0 aliphatic carbocycles. The van der Waals surface area contributed by atoms with Crippen LogP contribution in [0.1, 0.15) is 24.0 Å². The number of para-hydroxylation sites is 1. The fraction of sp³-hybridized carbons (Fsp3) is 0.179. The molecular weight excluding hydrogens is 470 g/mol. The van der Waals surface area contributed by atoms with Gasteiger partial charge in [-0.05, 0) is 60.2 Å². The van der Waals surface area contributed by atoms with Gasteiger partial charge in [0.2, 0.25) is 5.91 Å². The maximum atomic E-state index is 12.6. The first kappa shape index (κ1) is 23.6. The summed E-state index contributed by atoms with van der Waals surface area (Å²) in [4.78, 5) is 27.8. The third-order valence-electron chi connectivity index (χ3n) is 5.97. The van der Waals surface area contributed by atoms with Crippen molar-refractivity contribution in [1.29, 1.82) is 0 Å². The van der Waals surface area contributed by atoms with Crippen LogP contribution < -0.4 is 10.6 Å². The van der Waals surface area contributed by atoms with Crippen LogP contribution in [-0.4, -0.2) is 39.7 Å². The highest BCUT2D eigenvalue weighted by Crippen LogP contribution is 2.28. The van der Waals surface area contributed by atoms with Gasteiger partial charge in [0.15, 0.2) is 0 Å². The molecule has 1 fully saturated rings. The number of anilines is 1. The average molecular weight is 498 g/mol. The van der Waals surface area contributed by atoms with E-state index in [4.69, 9.17) is 5.10 Å². The Morgan fingerprint density at radius 3 is 2.61 bits per heavy atom. The van der Waals surface area contributed by atoms with Crippen LogP contribution in [0.3, 0.4) is 0 Å². The van der Waals surface area contributed by atoms with E-state index in [9.17, 15) is 9.59 Å². The molecule has 0 saturated carbocycles. The van der Waals surface area contributed by atoms with Crippen molar-refractivity contribution >= 4 is 35.0 Å². The first-order chi connectivity index (χ1) is 17.7. The molecule has 2 aromatic heterocycles.